The van der Waals surface area contributed by atoms with E-state index in [1.54, 1.807) is 7.11 Å². The number of methoxy groups -OCH3 is 1. The molecule has 0 aromatic rings. The van der Waals surface area contributed by atoms with Gasteiger partial charge in [0.2, 0.25) is 5.91 Å². The Hall–Kier alpha value is -1.21. The molecule has 2 heterocycles. The van der Waals surface area contributed by atoms with Crippen LogP contribution in [0.1, 0.15) is 113 Å². The van der Waals surface area contributed by atoms with Gasteiger partial charge >= 0.3 is 6.09 Å². The molecule has 0 aromatic heterocycles. The lowest BCUT2D eigenvalue weighted by Gasteiger charge is -2.35. The van der Waals surface area contributed by atoms with Crippen molar-refractivity contribution in [2.75, 3.05) is 46.6 Å². The van der Waals surface area contributed by atoms with E-state index >= 15 is 0 Å². The first-order valence-electron chi connectivity index (χ1n) is 18.5. The van der Waals surface area contributed by atoms with Crippen molar-refractivity contribution in [2.45, 2.75) is 147 Å². The molecular weight excluding hydrogens is 723 g/mol. The van der Waals surface area contributed by atoms with Gasteiger partial charge in [0.15, 0.2) is 0 Å². The third-order valence-corrected chi connectivity index (χ3v) is 10.7. The lowest BCUT2D eigenvalue weighted by Crippen LogP contribution is -2.41. The highest BCUT2D eigenvalue weighted by Gasteiger charge is 2.30. The summed E-state index contributed by atoms with van der Waals surface area (Å²) in [7, 11) is 1.75. The van der Waals surface area contributed by atoms with Gasteiger partial charge in [0, 0.05) is 37.1 Å². The number of alkyl halides is 1. The summed E-state index contributed by atoms with van der Waals surface area (Å²) in [5.41, 5.74) is 0.944. The molecule has 278 valence electrons. The zero-order valence-corrected chi connectivity index (χ0v) is 33.4. The number of carbonyl (C=O) groups excluding carboxylic acids is 2. The molecule has 2 aliphatic heterocycles. The van der Waals surface area contributed by atoms with Crippen molar-refractivity contribution in [3.63, 3.8) is 0 Å². The Balaban J connectivity index is 1.66. The Bertz CT molecular complexity index is 986. The number of ether oxygens (including phenoxy) is 5. The normalized spacial score (nSPS) is 25.1. The van der Waals surface area contributed by atoms with E-state index in [0.717, 1.165) is 64.5 Å². The van der Waals surface area contributed by atoms with Crippen molar-refractivity contribution in [3.05, 3.63) is 23.8 Å². The van der Waals surface area contributed by atoms with Gasteiger partial charge in [-0.1, -0.05) is 68.0 Å². The van der Waals surface area contributed by atoms with E-state index in [1.165, 1.54) is 12.0 Å². The van der Waals surface area contributed by atoms with Gasteiger partial charge < -0.3 is 33.9 Å². The van der Waals surface area contributed by atoms with E-state index in [-0.39, 0.29) is 68.3 Å². The molecule has 0 radical (unpaired) electrons. The summed E-state index contributed by atoms with van der Waals surface area (Å²) in [6.07, 6.45) is 16.1. The molecule has 7 atom stereocenters. The van der Waals surface area contributed by atoms with Crippen molar-refractivity contribution >= 4 is 34.6 Å². The summed E-state index contributed by atoms with van der Waals surface area (Å²) in [6, 6.07) is 0. The van der Waals surface area contributed by atoms with Crippen LogP contribution in [0.15, 0.2) is 23.8 Å². The first-order valence-corrected chi connectivity index (χ1v) is 19.7. The van der Waals surface area contributed by atoms with Crippen LogP contribution in [0.2, 0.25) is 0 Å². The van der Waals surface area contributed by atoms with Crippen LogP contribution in [0.3, 0.4) is 0 Å². The number of amides is 2. The summed E-state index contributed by atoms with van der Waals surface area (Å²) in [5.74, 6) is 0.709. The minimum Gasteiger partial charge on any atom is -0.447 e. The Labute approximate surface area is 305 Å². The smallest absolute Gasteiger partial charge is 0.409 e. The molecule has 2 unspecified atom stereocenters. The highest BCUT2D eigenvalue weighted by Crippen LogP contribution is 2.30. The quantitative estimate of drug-likeness (QED) is 0.0651. The molecular formula is C38H67IN2O7. The molecule has 10 heteroatoms. The fourth-order valence-electron chi connectivity index (χ4n) is 6.84. The van der Waals surface area contributed by atoms with Crippen LogP contribution >= 0.6 is 22.6 Å². The van der Waals surface area contributed by atoms with Crippen molar-refractivity contribution < 1.29 is 33.3 Å². The molecule has 0 spiro atoms. The van der Waals surface area contributed by atoms with Crippen LogP contribution in [0.5, 0.6) is 0 Å². The van der Waals surface area contributed by atoms with Crippen molar-refractivity contribution in [1.82, 2.24) is 10.2 Å². The monoisotopic (exact) mass is 790 g/mol. The van der Waals surface area contributed by atoms with E-state index in [2.05, 4.69) is 94.6 Å². The fraction of sp³-hybridized carbons (Fsp3) is 0.842. The van der Waals surface area contributed by atoms with Crippen LogP contribution in [-0.4, -0.2) is 97.4 Å². The maximum absolute atomic E-state index is 12.5. The molecule has 2 saturated heterocycles. The SMILES string of the molecule is CC[C@H](OC)C(C)OC(C)(C)C[C@H](C)/C=C/C=C(\C)[C@H]1O[C@@H](CNC(=O)CCOCCOC(=O)N2CCCCC(I)CCC2)CC[C@@H]1C. The van der Waals surface area contributed by atoms with Crippen LogP contribution in [-0.2, 0) is 28.5 Å². The molecule has 2 fully saturated rings. The highest BCUT2D eigenvalue weighted by atomic mass is 127. The Morgan fingerprint density at radius 1 is 1.06 bits per heavy atom. The maximum Gasteiger partial charge on any atom is 0.409 e. The first kappa shape index (κ1) is 43.0. The van der Waals surface area contributed by atoms with E-state index < -0.39 is 0 Å². The van der Waals surface area contributed by atoms with Crippen LogP contribution in [0.25, 0.3) is 0 Å². The van der Waals surface area contributed by atoms with Crippen LogP contribution in [0.4, 0.5) is 4.79 Å². The predicted molar refractivity (Wildman–Crippen MR) is 202 cm³/mol. The van der Waals surface area contributed by atoms with Gasteiger partial charge in [0.25, 0.3) is 0 Å². The molecule has 0 saturated carbocycles. The number of hydrogen-bond donors (Lipinski definition) is 1. The Morgan fingerprint density at radius 3 is 2.52 bits per heavy atom. The van der Waals surface area contributed by atoms with Gasteiger partial charge in [0.1, 0.15) is 6.61 Å². The maximum atomic E-state index is 12.5. The van der Waals surface area contributed by atoms with Gasteiger partial charge in [-0.3, -0.25) is 4.79 Å². The van der Waals surface area contributed by atoms with E-state index in [4.69, 9.17) is 23.7 Å². The molecule has 0 aliphatic carbocycles. The van der Waals surface area contributed by atoms with Crippen molar-refractivity contribution in [2.24, 2.45) is 11.8 Å². The minimum atomic E-state index is -0.262. The van der Waals surface area contributed by atoms with Gasteiger partial charge in [0.05, 0.1) is 43.2 Å². The molecule has 9 nitrogen and oxygen atoms in total. The lowest BCUT2D eigenvalue weighted by atomic mass is 9.89. The highest BCUT2D eigenvalue weighted by molar-refractivity contribution is 14.1. The number of nitrogens with zero attached hydrogens (tertiary/aromatic N) is 1. The summed E-state index contributed by atoms with van der Waals surface area (Å²) in [6.45, 7) is 17.9. The average molecular weight is 791 g/mol. The lowest BCUT2D eigenvalue weighted by molar-refractivity contribution is -0.125. The standard InChI is InChI=1S/C38H67IN2O7/c1-9-34(44-8)31(5)48-38(6,7)26-28(2)14-12-15-29(3)36-30(4)18-19-33(47-36)27-40-35(42)20-23-45-24-25-46-37(43)41-21-11-10-16-32(39)17-13-22-41/h12,14-15,28,30-34,36H,9-11,13,16-27H2,1-8H3,(H,40,42)/b14-12+,29-15+/t28-,30+,31?,32?,33-,34+,36-/m1/s1. The Kier molecular flexibility index (Phi) is 20.9. The Morgan fingerprint density at radius 2 is 1.79 bits per heavy atom. The average Bonchev–Trinajstić information content (AvgIpc) is 3.13. The first-order chi connectivity index (χ1) is 22.8. The van der Waals surface area contributed by atoms with Gasteiger partial charge in [-0.05, 0) is 96.5 Å². The number of nitrogens with one attached hydrogen (secondary N) is 1. The number of carbonyl (C=O) groups is 2. The zero-order valence-electron chi connectivity index (χ0n) is 31.3. The van der Waals surface area contributed by atoms with Crippen molar-refractivity contribution in [1.29, 1.82) is 0 Å². The number of halogens is 1. The molecule has 48 heavy (non-hydrogen) atoms. The van der Waals surface area contributed by atoms with Crippen molar-refractivity contribution in [3.8, 4) is 0 Å². The summed E-state index contributed by atoms with van der Waals surface area (Å²) >= 11 is 2.52. The molecule has 2 aliphatic rings. The largest absolute Gasteiger partial charge is 0.447 e. The van der Waals surface area contributed by atoms with Crippen LogP contribution in [0, 0.1) is 11.8 Å². The number of allylic oxidation sites excluding steroid dienone is 3. The topological polar surface area (TPSA) is 95.6 Å². The second-order valence-electron chi connectivity index (χ2n) is 14.5. The molecule has 0 bridgehead atoms. The summed E-state index contributed by atoms with van der Waals surface area (Å²) in [4.78, 5) is 26.8. The third-order valence-electron chi connectivity index (χ3n) is 9.45. The number of rotatable bonds is 18. The van der Waals surface area contributed by atoms with E-state index in [0.29, 0.717) is 22.3 Å². The van der Waals surface area contributed by atoms with Gasteiger partial charge in [-0.2, -0.15) is 0 Å². The molecule has 2 amide bonds. The zero-order chi connectivity index (χ0) is 35.5. The summed E-state index contributed by atoms with van der Waals surface area (Å²) in [5, 5.41) is 3.02. The van der Waals surface area contributed by atoms with Crippen LogP contribution < -0.4 is 5.32 Å². The van der Waals surface area contributed by atoms with Gasteiger partial charge in [-0.15, -0.1) is 0 Å². The minimum absolute atomic E-state index is 0.0175. The summed E-state index contributed by atoms with van der Waals surface area (Å²) < 4.78 is 30.1. The second-order valence-corrected chi connectivity index (χ2v) is 16.2. The van der Waals surface area contributed by atoms with E-state index in [1.807, 2.05) is 4.90 Å². The molecule has 2 rings (SSSR count). The second kappa shape index (κ2) is 23.3. The molecule has 0 aromatic carbocycles. The van der Waals surface area contributed by atoms with Gasteiger partial charge in [-0.25, -0.2) is 4.79 Å². The van der Waals surface area contributed by atoms with E-state index in [9.17, 15) is 9.59 Å². The molecule has 1 N–H and O–H groups in total. The predicted octanol–water partition coefficient (Wildman–Crippen LogP) is 8.04. The fourth-order valence-corrected chi connectivity index (χ4v) is 7.72. The number of hydrogen-bond acceptors (Lipinski definition) is 7. The third kappa shape index (κ3) is 17.1.